The van der Waals surface area contributed by atoms with Crippen LogP contribution in [0.15, 0.2) is 41.3 Å². The number of phenols is 2. The normalized spacial score (nSPS) is 16.5. The molecule has 1 aliphatic heterocycles. The summed E-state index contributed by atoms with van der Waals surface area (Å²) in [6.07, 6.45) is -3.81. The highest BCUT2D eigenvalue weighted by atomic mass is 32.2. The van der Waals surface area contributed by atoms with E-state index in [4.69, 9.17) is 0 Å². The van der Waals surface area contributed by atoms with Gasteiger partial charge < -0.3 is 10.2 Å². The molecule has 0 spiro atoms. The van der Waals surface area contributed by atoms with Gasteiger partial charge in [0.15, 0.2) is 11.5 Å². The van der Waals surface area contributed by atoms with Crippen molar-refractivity contribution in [1.29, 1.82) is 0 Å². The molecule has 2 N–H and O–H groups in total. The van der Waals surface area contributed by atoms with Crippen molar-refractivity contribution in [2.45, 2.75) is 38.9 Å². The SMILES string of the molecule is CC(C)(C)c1ccc(CN2C(=O)S/C(=C\c3cc(O)c(O)c(C(F)(F)F)c3)C2=O)cc1. The molecule has 31 heavy (non-hydrogen) atoms. The molecule has 0 atom stereocenters. The summed E-state index contributed by atoms with van der Waals surface area (Å²) in [7, 11) is 0. The Balaban J connectivity index is 1.85. The van der Waals surface area contributed by atoms with E-state index in [2.05, 4.69) is 20.8 Å². The number of hydrogen-bond donors (Lipinski definition) is 2. The van der Waals surface area contributed by atoms with Gasteiger partial charge in [0.25, 0.3) is 11.1 Å². The Morgan fingerprint density at radius 3 is 2.19 bits per heavy atom. The number of carbonyl (C=O) groups is 2. The third-order valence-electron chi connectivity index (χ3n) is 4.75. The van der Waals surface area contributed by atoms with Gasteiger partial charge in [-0.05, 0) is 52.1 Å². The van der Waals surface area contributed by atoms with Crippen LogP contribution in [0.1, 0.15) is 43.0 Å². The maximum atomic E-state index is 13.0. The lowest BCUT2D eigenvalue weighted by Crippen LogP contribution is -2.27. The van der Waals surface area contributed by atoms with Crippen molar-refractivity contribution in [1.82, 2.24) is 4.90 Å². The van der Waals surface area contributed by atoms with Gasteiger partial charge >= 0.3 is 6.18 Å². The Labute approximate surface area is 181 Å². The van der Waals surface area contributed by atoms with Crippen molar-refractivity contribution in [3.05, 3.63) is 63.6 Å². The molecule has 0 aliphatic carbocycles. The summed E-state index contributed by atoms with van der Waals surface area (Å²) in [5.74, 6) is -2.91. The van der Waals surface area contributed by atoms with Crippen LogP contribution in [-0.4, -0.2) is 26.3 Å². The van der Waals surface area contributed by atoms with Gasteiger partial charge in [0.2, 0.25) is 0 Å². The van der Waals surface area contributed by atoms with Gasteiger partial charge in [0.05, 0.1) is 11.4 Å². The zero-order valence-corrected chi connectivity index (χ0v) is 17.8. The van der Waals surface area contributed by atoms with E-state index in [1.54, 1.807) is 0 Å². The van der Waals surface area contributed by atoms with Crippen molar-refractivity contribution in [2.24, 2.45) is 0 Å². The highest BCUT2D eigenvalue weighted by Crippen LogP contribution is 2.42. The first-order chi connectivity index (χ1) is 14.3. The fourth-order valence-corrected chi connectivity index (χ4v) is 3.86. The lowest BCUT2D eigenvalue weighted by molar-refractivity contribution is -0.139. The summed E-state index contributed by atoms with van der Waals surface area (Å²) in [6.45, 7) is 6.22. The average Bonchev–Trinajstić information content (AvgIpc) is 2.90. The largest absolute Gasteiger partial charge is 0.504 e. The van der Waals surface area contributed by atoms with Gasteiger partial charge in [-0.15, -0.1) is 0 Å². The van der Waals surface area contributed by atoms with Crippen LogP contribution in [0.2, 0.25) is 0 Å². The van der Waals surface area contributed by atoms with E-state index in [0.717, 1.165) is 28.2 Å². The molecule has 0 radical (unpaired) electrons. The predicted octanol–water partition coefficient (Wildman–Crippen LogP) is 5.65. The molecule has 164 valence electrons. The third-order valence-corrected chi connectivity index (χ3v) is 5.66. The Bertz CT molecular complexity index is 1070. The van der Waals surface area contributed by atoms with Crippen molar-refractivity contribution in [3.63, 3.8) is 0 Å². The number of amides is 2. The summed E-state index contributed by atoms with van der Waals surface area (Å²) >= 11 is 0.600. The molecule has 1 fully saturated rings. The molecule has 1 heterocycles. The van der Waals surface area contributed by atoms with Gasteiger partial charge in [0, 0.05) is 0 Å². The van der Waals surface area contributed by atoms with E-state index < -0.39 is 34.4 Å². The standard InChI is InChI=1S/C22H20F3NO4S/c1-21(2,3)14-6-4-12(5-7-14)11-26-19(29)17(31-20(26)30)10-13-8-15(22(23,24)25)18(28)16(27)9-13/h4-10,27-28H,11H2,1-3H3/b17-10-. The van der Waals surface area contributed by atoms with Crippen molar-refractivity contribution < 1.29 is 33.0 Å². The number of phenolic OH excluding ortho intramolecular Hbond substituents is 2. The van der Waals surface area contributed by atoms with Gasteiger partial charge in [0.1, 0.15) is 5.56 Å². The van der Waals surface area contributed by atoms with Crippen molar-refractivity contribution in [2.75, 3.05) is 0 Å². The van der Waals surface area contributed by atoms with E-state index in [0.29, 0.717) is 17.8 Å². The summed E-state index contributed by atoms with van der Waals surface area (Å²) in [4.78, 5) is 25.9. The molecule has 1 aliphatic rings. The molecule has 0 unspecified atom stereocenters. The Kier molecular flexibility index (Phi) is 5.84. The third kappa shape index (κ3) is 4.87. The minimum absolute atomic E-state index is 0.0288. The lowest BCUT2D eigenvalue weighted by Gasteiger charge is -2.20. The Hall–Kier alpha value is -2.94. The maximum absolute atomic E-state index is 13.0. The van der Waals surface area contributed by atoms with Crippen LogP contribution in [0.25, 0.3) is 6.08 Å². The van der Waals surface area contributed by atoms with Gasteiger partial charge in [-0.25, -0.2) is 0 Å². The summed E-state index contributed by atoms with van der Waals surface area (Å²) < 4.78 is 39.1. The summed E-state index contributed by atoms with van der Waals surface area (Å²) in [5, 5.41) is 18.5. The highest BCUT2D eigenvalue weighted by Gasteiger charge is 2.37. The molecular formula is C22H20F3NO4S. The number of rotatable bonds is 3. The first-order valence-electron chi connectivity index (χ1n) is 9.25. The van der Waals surface area contributed by atoms with E-state index in [1.807, 2.05) is 24.3 Å². The number of carbonyl (C=O) groups excluding carboxylic acids is 2. The second-order valence-corrected chi connectivity index (χ2v) is 9.14. The molecule has 3 rings (SSSR count). The van der Waals surface area contributed by atoms with Crippen LogP contribution in [0, 0.1) is 0 Å². The topological polar surface area (TPSA) is 77.8 Å². The number of benzene rings is 2. The summed E-state index contributed by atoms with van der Waals surface area (Å²) in [6, 6.07) is 8.98. The van der Waals surface area contributed by atoms with Crippen LogP contribution >= 0.6 is 11.8 Å². The Morgan fingerprint density at radius 2 is 1.65 bits per heavy atom. The van der Waals surface area contributed by atoms with E-state index in [9.17, 15) is 33.0 Å². The lowest BCUT2D eigenvalue weighted by atomic mass is 9.87. The fraction of sp³-hybridized carbons (Fsp3) is 0.273. The molecule has 5 nitrogen and oxygen atoms in total. The number of nitrogens with zero attached hydrogens (tertiary/aromatic N) is 1. The molecule has 0 bridgehead atoms. The molecule has 2 aromatic rings. The second-order valence-electron chi connectivity index (χ2n) is 8.15. The Morgan fingerprint density at radius 1 is 1.03 bits per heavy atom. The second kappa shape index (κ2) is 7.96. The van der Waals surface area contributed by atoms with Gasteiger partial charge in [-0.3, -0.25) is 14.5 Å². The van der Waals surface area contributed by atoms with Gasteiger partial charge in [-0.2, -0.15) is 13.2 Å². The van der Waals surface area contributed by atoms with Crippen LogP contribution in [0.4, 0.5) is 18.0 Å². The molecule has 9 heteroatoms. The van der Waals surface area contributed by atoms with Crippen LogP contribution in [-0.2, 0) is 22.9 Å². The van der Waals surface area contributed by atoms with E-state index in [-0.39, 0.29) is 22.4 Å². The smallest absolute Gasteiger partial charge is 0.420 e. The van der Waals surface area contributed by atoms with Crippen LogP contribution in [0.3, 0.4) is 0 Å². The molecule has 0 aromatic heterocycles. The van der Waals surface area contributed by atoms with Crippen molar-refractivity contribution in [3.8, 4) is 11.5 Å². The number of hydrogen-bond acceptors (Lipinski definition) is 5. The highest BCUT2D eigenvalue weighted by molar-refractivity contribution is 8.18. The predicted molar refractivity (Wildman–Crippen MR) is 111 cm³/mol. The first-order valence-corrected chi connectivity index (χ1v) is 10.1. The number of halogens is 3. The average molecular weight is 451 g/mol. The maximum Gasteiger partial charge on any atom is 0.420 e. The minimum atomic E-state index is -4.90. The van der Waals surface area contributed by atoms with Crippen LogP contribution < -0.4 is 0 Å². The van der Waals surface area contributed by atoms with Crippen molar-refractivity contribution >= 4 is 29.0 Å². The minimum Gasteiger partial charge on any atom is -0.504 e. The number of alkyl halides is 3. The van der Waals surface area contributed by atoms with E-state index >= 15 is 0 Å². The number of thioether (sulfide) groups is 1. The molecule has 1 saturated heterocycles. The zero-order chi connectivity index (χ0) is 23.1. The van der Waals surface area contributed by atoms with E-state index in [1.165, 1.54) is 0 Å². The monoisotopic (exact) mass is 451 g/mol. The zero-order valence-electron chi connectivity index (χ0n) is 16.9. The first kappa shape index (κ1) is 22.7. The quantitative estimate of drug-likeness (QED) is 0.466. The molecule has 0 saturated carbocycles. The molecular weight excluding hydrogens is 431 g/mol. The van der Waals surface area contributed by atoms with Gasteiger partial charge in [-0.1, -0.05) is 45.0 Å². The van der Waals surface area contributed by atoms with Crippen LogP contribution in [0.5, 0.6) is 11.5 Å². The number of aromatic hydroxyl groups is 2. The number of imide groups is 1. The molecule has 2 aromatic carbocycles. The molecule has 2 amide bonds. The summed E-state index contributed by atoms with van der Waals surface area (Å²) in [5.41, 5.74) is 0.185. The fourth-order valence-electron chi connectivity index (χ4n) is 3.02.